The van der Waals surface area contributed by atoms with E-state index in [2.05, 4.69) is 32.8 Å². The molecule has 11 heavy (non-hydrogen) atoms. The summed E-state index contributed by atoms with van der Waals surface area (Å²) in [5.74, 6) is 0. The average molecular weight is 156 g/mol. The molecule has 0 bridgehead atoms. The lowest BCUT2D eigenvalue weighted by molar-refractivity contribution is -0.0352. The van der Waals surface area contributed by atoms with Crippen molar-refractivity contribution in [1.29, 1.82) is 0 Å². The smallest absolute Gasteiger partial charge is 0.0335 e. The minimum atomic E-state index is 0.309. The van der Waals surface area contributed by atoms with Crippen molar-refractivity contribution >= 4 is 0 Å². The minimum absolute atomic E-state index is 0.309. The van der Waals surface area contributed by atoms with Gasteiger partial charge in [0.15, 0.2) is 0 Å². The fourth-order valence-electron chi connectivity index (χ4n) is 2.37. The van der Waals surface area contributed by atoms with Crippen molar-refractivity contribution in [3.8, 4) is 0 Å². The predicted octanol–water partition coefficient (Wildman–Crippen LogP) is 1.07. The average Bonchev–Trinajstić information content (AvgIpc) is 1.81. The largest absolute Gasteiger partial charge is 0.329 e. The van der Waals surface area contributed by atoms with Crippen LogP contribution in [0.3, 0.4) is 0 Å². The predicted molar refractivity (Wildman–Crippen MR) is 48.5 cm³/mol. The summed E-state index contributed by atoms with van der Waals surface area (Å²) >= 11 is 0. The van der Waals surface area contributed by atoms with Gasteiger partial charge in [-0.15, -0.1) is 0 Å². The molecule has 1 fully saturated rings. The second-order valence-electron chi connectivity index (χ2n) is 4.84. The van der Waals surface area contributed by atoms with Crippen LogP contribution in [0.25, 0.3) is 0 Å². The van der Waals surface area contributed by atoms with E-state index in [-0.39, 0.29) is 0 Å². The van der Waals surface area contributed by atoms with Crippen LogP contribution in [0.2, 0.25) is 0 Å². The van der Waals surface area contributed by atoms with Crippen LogP contribution in [-0.4, -0.2) is 31.1 Å². The molecule has 0 aliphatic heterocycles. The van der Waals surface area contributed by atoms with Gasteiger partial charge in [0.25, 0.3) is 0 Å². The Kier molecular flexibility index (Phi) is 2.01. The summed E-state index contributed by atoms with van der Waals surface area (Å²) in [6.45, 7) is 5.41. The van der Waals surface area contributed by atoms with Crippen molar-refractivity contribution < 1.29 is 0 Å². The molecule has 0 heterocycles. The van der Waals surface area contributed by atoms with Gasteiger partial charge in [-0.3, -0.25) is 0 Å². The van der Waals surface area contributed by atoms with E-state index in [4.69, 9.17) is 5.73 Å². The summed E-state index contributed by atoms with van der Waals surface area (Å²) in [5.41, 5.74) is 6.58. The van der Waals surface area contributed by atoms with Crippen LogP contribution in [-0.2, 0) is 0 Å². The summed E-state index contributed by atoms with van der Waals surface area (Å²) in [5, 5.41) is 0. The Hall–Kier alpha value is -0.0800. The number of nitrogens with two attached hydrogens (primary N) is 1. The molecule has 0 aromatic heterocycles. The molecule has 0 unspecified atom stereocenters. The fraction of sp³-hybridized carbons (Fsp3) is 1.00. The van der Waals surface area contributed by atoms with Gasteiger partial charge in [-0.05, 0) is 32.4 Å². The summed E-state index contributed by atoms with van der Waals surface area (Å²) in [4.78, 5) is 2.28. The normalized spacial score (nSPS) is 26.7. The van der Waals surface area contributed by atoms with Crippen molar-refractivity contribution in [2.45, 2.75) is 32.2 Å². The van der Waals surface area contributed by atoms with Gasteiger partial charge in [-0.25, -0.2) is 0 Å². The van der Waals surface area contributed by atoms with Crippen LogP contribution in [0, 0.1) is 5.41 Å². The molecule has 0 radical (unpaired) electrons. The number of nitrogens with zero attached hydrogens (tertiary/aromatic N) is 1. The first kappa shape index (κ1) is 9.01. The number of hydrogen-bond donors (Lipinski definition) is 1. The maximum absolute atomic E-state index is 5.75. The summed E-state index contributed by atoms with van der Waals surface area (Å²) < 4.78 is 0. The Morgan fingerprint density at radius 2 is 1.73 bits per heavy atom. The van der Waals surface area contributed by atoms with E-state index < -0.39 is 0 Å². The maximum atomic E-state index is 5.75. The van der Waals surface area contributed by atoms with Crippen LogP contribution in [0.5, 0.6) is 0 Å². The third-order valence-corrected chi connectivity index (χ3v) is 2.94. The van der Waals surface area contributed by atoms with Crippen molar-refractivity contribution in [1.82, 2.24) is 4.90 Å². The van der Waals surface area contributed by atoms with Gasteiger partial charge in [0, 0.05) is 12.1 Å². The van der Waals surface area contributed by atoms with E-state index in [1.165, 1.54) is 12.8 Å². The number of likely N-dealkylation sites (N-methyl/N-ethyl adjacent to an activating group) is 1. The molecule has 0 spiro atoms. The van der Waals surface area contributed by atoms with Gasteiger partial charge < -0.3 is 10.6 Å². The van der Waals surface area contributed by atoms with Crippen molar-refractivity contribution in [2.75, 3.05) is 20.6 Å². The van der Waals surface area contributed by atoms with Crippen LogP contribution < -0.4 is 5.73 Å². The highest BCUT2D eigenvalue weighted by Gasteiger charge is 2.49. The third kappa shape index (κ3) is 1.42. The molecule has 1 aliphatic rings. The van der Waals surface area contributed by atoms with Gasteiger partial charge in [0.2, 0.25) is 0 Å². The molecule has 2 heteroatoms. The summed E-state index contributed by atoms with van der Waals surface area (Å²) in [6.07, 6.45) is 2.48. The number of rotatable bonds is 2. The Balaban J connectivity index is 2.57. The standard InChI is InChI=1S/C9H20N2/c1-8(2)5-9(6-8,7-10)11(3)4/h5-7,10H2,1-4H3. The first-order valence-corrected chi connectivity index (χ1v) is 4.29. The first-order valence-electron chi connectivity index (χ1n) is 4.29. The van der Waals surface area contributed by atoms with E-state index in [1.807, 2.05) is 0 Å². The van der Waals surface area contributed by atoms with Crippen LogP contribution in [0.4, 0.5) is 0 Å². The molecular formula is C9H20N2. The highest BCUT2D eigenvalue weighted by molar-refractivity contribution is 5.05. The van der Waals surface area contributed by atoms with Crippen molar-refractivity contribution in [3.63, 3.8) is 0 Å². The highest BCUT2D eigenvalue weighted by atomic mass is 15.2. The third-order valence-electron chi connectivity index (χ3n) is 2.94. The second-order valence-corrected chi connectivity index (χ2v) is 4.84. The van der Waals surface area contributed by atoms with Gasteiger partial charge in [0.1, 0.15) is 0 Å². The van der Waals surface area contributed by atoms with Crippen LogP contribution in [0.15, 0.2) is 0 Å². The lowest BCUT2D eigenvalue weighted by Gasteiger charge is -2.56. The first-order chi connectivity index (χ1) is 4.92. The van der Waals surface area contributed by atoms with Crippen molar-refractivity contribution in [3.05, 3.63) is 0 Å². The molecule has 0 atom stereocenters. The van der Waals surface area contributed by atoms with Crippen molar-refractivity contribution in [2.24, 2.45) is 11.1 Å². The van der Waals surface area contributed by atoms with Crippen LogP contribution in [0.1, 0.15) is 26.7 Å². The van der Waals surface area contributed by atoms with E-state index >= 15 is 0 Å². The van der Waals surface area contributed by atoms with Gasteiger partial charge >= 0.3 is 0 Å². The Morgan fingerprint density at radius 1 is 1.27 bits per heavy atom. The highest BCUT2D eigenvalue weighted by Crippen LogP contribution is 2.49. The minimum Gasteiger partial charge on any atom is -0.329 e. The zero-order valence-electron chi connectivity index (χ0n) is 8.15. The van der Waals surface area contributed by atoms with Gasteiger partial charge in [-0.1, -0.05) is 13.8 Å². The molecule has 0 saturated heterocycles. The lowest BCUT2D eigenvalue weighted by Crippen LogP contribution is -2.62. The van der Waals surface area contributed by atoms with Gasteiger partial charge in [-0.2, -0.15) is 0 Å². The molecule has 66 valence electrons. The number of hydrogen-bond acceptors (Lipinski definition) is 2. The lowest BCUT2D eigenvalue weighted by atomic mass is 9.59. The molecule has 0 aromatic carbocycles. The van der Waals surface area contributed by atoms with E-state index in [0.717, 1.165) is 6.54 Å². The fourth-order valence-corrected chi connectivity index (χ4v) is 2.37. The zero-order chi connectivity index (χ0) is 8.70. The summed E-state index contributed by atoms with van der Waals surface area (Å²) in [6, 6.07) is 0. The Labute approximate surface area is 69.8 Å². The van der Waals surface area contributed by atoms with Crippen LogP contribution >= 0.6 is 0 Å². The van der Waals surface area contributed by atoms with E-state index in [1.54, 1.807) is 0 Å². The van der Waals surface area contributed by atoms with Gasteiger partial charge in [0.05, 0.1) is 0 Å². The quantitative estimate of drug-likeness (QED) is 0.648. The molecule has 1 rings (SSSR count). The summed E-state index contributed by atoms with van der Waals surface area (Å²) in [7, 11) is 4.25. The molecule has 0 amide bonds. The zero-order valence-corrected chi connectivity index (χ0v) is 8.15. The molecule has 1 aliphatic carbocycles. The Bertz CT molecular complexity index is 142. The van der Waals surface area contributed by atoms with E-state index in [9.17, 15) is 0 Å². The Morgan fingerprint density at radius 3 is 1.82 bits per heavy atom. The molecule has 2 nitrogen and oxygen atoms in total. The van der Waals surface area contributed by atoms with E-state index in [0.29, 0.717) is 11.0 Å². The second kappa shape index (κ2) is 2.46. The maximum Gasteiger partial charge on any atom is 0.0335 e. The SMILES string of the molecule is CN(C)C1(CN)CC(C)(C)C1. The monoisotopic (exact) mass is 156 g/mol. The molecular weight excluding hydrogens is 136 g/mol. The molecule has 0 aromatic rings. The molecule has 2 N–H and O–H groups in total. The molecule has 1 saturated carbocycles. The topological polar surface area (TPSA) is 29.3 Å².